The quantitative estimate of drug-likeness (QED) is 0.274. The molecule has 6 nitrogen and oxygen atoms in total. The van der Waals surface area contributed by atoms with Crippen molar-refractivity contribution in [2.24, 2.45) is 16.8 Å². The first-order valence-corrected chi connectivity index (χ1v) is 4.67. The lowest BCUT2D eigenvalue weighted by atomic mass is 9.99. The molecule has 0 spiro atoms. The molecule has 0 fully saturated rings. The number of azide groups is 1. The molecule has 0 aliphatic heterocycles. The normalized spacial score (nSPS) is 14.1. The van der Waals surface area contributed by atoms with Crippen molar-refractivity contribution in [2.45, 2.75) is 26.3 Å². The van der Waals surface area contributed by atoms with Gasteiger partial charge in [0.05, 0.1) is 6.04 Å². The van der Waals surface area contributed by atoms with Crippen LogP contribution in [0.2, 0.25) is 0 Å². The van der Waals surface area contributed by atoms with E-state index in [0.29, 0.717) is 13.1 Å². The fourth-order valence-electron chi connectivity index (χ4n) is 1.13. The monoisotopic (exact) mass is 199 g/mol. The Morgan fingerprint density at radius 3 is 2.79 bits per heavy atom. The summed E-state index contributed by atoms with van der Waals surface area (Å²) in [6.45, 7) is 4.75. The van der Waals surface area contributed by atoms with Gasteiger partial charge in [0.1, 0.15) is 0 Å². The second-order valence-corrected chi connectivity index (χ2v) is 3.17. The number of amides is 1. The lowest BCUT2D eigenvalue weighted by Gasteiger charge is -2.20. The van der Waals surface area contributed by atoms with Crippen molar-refractivity contribution in [1.29, 1.82) is 0 Å². The Kier molecular flexibility index (Phi) is 6.53. The van der Waals surface area contributed by atoms with Crippen molar-refractivity contribution >= 4 is 5.91 Å². The van der Waals surface area contributed by atoms with Gasteiger partial charge in [-0.2, -0.15) is 0 Å². The van der Waals surface area contributed by atoms with Gasteiger partial charge in [0.2, 0.25) is 5.91 Å². The molecular formula is C8H17N5O. The van der Waals surface area contributed by atoms with Crippen molar-refractivity contribution in [2.75, 3.05) is 13.1 Å². The highest BCUT2D eigenvalue weighted by Crippen LogP contribution is 2.06. The molecule has 80 valence electrons. The molecule has 0 radical (unpaired) electrons. The number of nitrogens with two attached hydrogens (primary N) is 1. The second kappa shape index (κ2) is 7.17. The van der Waals surface area contributed by atoms with Crippen LogP contribution in [0.5, 0.6) is 0 Å². The standard InChI is InChI=1S/C8H17N5O/c1-3-6(2)7(8(9)14)11-4-5-12-13-10/h6-7,11H,3-5H2,1-2H3,(H2,9,14). The lowest BCUT2D eigenvalue weighted by molar-refractivity contribution is -0.121. The Bertz CT molecular complexity index is 224. The topological polar surface area (TPSA) is 104 Å². The number of rotatable bonds is 7. The number of hydrogen-bond donors (Lipinski definition) is 2. The van der Waals surface area contributed by atoms with Gasteiger partial charge < -0.3 is 11.1 Å². The van der Waals surface area contributed by atoms with E-state index in [0.717, 1.165) is 6.42 Å². The lowest BCUT2D eigenvalue weighted by Crippen LogP contribution is -2.46. The highest BCUT2D eigenvalue weighted by molar-refractivity contribution is 5.80. The van der Waals surface area contributed by atoms with Gasteiger partial charge in [-0.1, -0.05) is 25.4 Å². The average molecular weight is 199 g/mol. The van der Waals surface area contributed by atoms with E-state index in [2.05, 4.69) is 15.3 Å². The highest BCUT2D eigenvalue weighted by atomic mass is 16.1. The van der Waals surface area contributed by atoms with E-state index in [1.807, 2.05) is 13.8 Å². The van der Waals surface area contributed by atoms with Crippen LogP contribution in [-0.4, -0.2) is 25.0 Å². The van der Waals surface area contributed by atoms with E-state index in [4.69, 9.17) is 11.3 Å². The van der Waals surface area contributed by atoms with Gasteiger partial charge in [-0.15, -0.1) is 0 Å². The minimum absolute atomic E-state index is 0.193. The molecule has 3 N–H and O–H groups in total. The fourth-order valence-corrected chi connectivity index (χ4v) is 1.13. The minimum Gasteiger partial charge on any atom is -0.368 e. The predicted molar refractivity (Wildman–Crippen MR) is 54.5 cm³/mol. The van der Waals surface area contributed by atoms with E-state index in [-0.39, 0.29) is 17.9 Å². The smallest absolute Gasteiger partial charge is 0.234 e. The zero-order chi connectivity index (χ0) is 11.0. The zero-order valence-electron chi connectivity index (χ0n) is 8.60. The Balaban J connectivity index is 3.97. The van der Waals surface area contributed by atoms with Gasteiger partial charge in [-0.3, -0.25) is 4.79 Å². The molecular weight excluding hydrogens is 182 g/mol. The third kappa shape index (κ3) is 4.69. The van der Waals surface area contributed by atoms with E-state index in [1.165, 1.54) is 0 Å². The van der Waals surface area contributed by atoms with Gasteiger partial charge >= 0.3 is 0 Å². The predicted octanol–water partition coefficient (Wildman–Crippen LogP) is 0.786. The Morgan fingerprint density at radius 2 is 2.36 bits per heavy atom. The van der Waals surface area contributed by atoms with Gasteiger partial charge in [0.25, 0.3) is 0 Å². The number of nitrogens with zero attached hydrogens (tertiary/aromatic N) is 3. The van der Waals surface area contributed by atoms with Crippen molar-refractivity contribution in [3.05, 3.63) is 10.4 Å². The summed E-state index contributed by atoms with van der Waals surface area (Å²) in [4.78, 5) is 13.6. The Hall–Kier alpha value is -1.26. The maximum Gasteiger partial charge on any atom is 0.234 e. The molecule has 0 saturated heterocycles. The molecule has 0 rings (SSSR count). The first-order valence-electron chi connectivity index (χ1n) is 4.67. The number of hydrogen-bond acceptors (Lipinski definition) is 3. The molecule has 0 aromatic rings. The molecule has 0 aromatic heterocycles. The third-order valence-electron chi connectivity index (χ3n) is 2.16. The summed E-state index contributed by atoms with van der Waals surface area (Å²) in [5.41, 5.74) is 13.3. The average Bonchev–Trinajstić information content (AvgIpc) is 2.16. The Morgan fingerprint density at radius 1 is 1.71 bits per heavy atom. The summed E-state index contributed by atoms with van der Waals surface area (Å²) in [5.74, 6) is -0.168. The molecule has 14 heavy (non-hydrogen) atoms. The summed E-state index contributed by atoms with van der Waals surface area (Å²) < 4.78 is 0. The molecule has 0 saturated carbocycles. The molecule has 6 heteroatoms. The first-order chi connectivity index (χ1) is 6.63. The summed E-state index contributed by atoms with van der Waals surface area (Å²) in [5, 5.41) is 6.32. The highest BCUT2D eigenvalue weighted by Gasteiger charge is 2.19. The van der Waals surface area contributed by atoms with Crippen LogP contribution < -0.4 is 11.1 Å². The van der Waals surface area contributed by atoms with Crippen molar-refractivity contribution < 1.29 is 4.79 Å². The zero-order valence-corrected chi connectivity index (χ0v) is 8.60. The van der Waals surface area contributed by atoms with Crippen molar-refractivity contribution in [1.82, 2.24) is 5.32 Å². The number of nitrogens with one attached hydrogen (secondary N) is 1. The number of carbonyl (C=O) groups is 1. The van der Waals surface area contributed by atoms with Crippen molar-refractivity contribution in [3.8, 4) is 0 Å². The van der Waals surface area contributed by atoms with Gasteiger partial charge in [-0.25, -0.2) is 0 Å². The second-order valence-electron chi connectivity index (χ2n) is 3.17. The van der Waals surface area contributed by atoms with Crippen LogP contribution in [0.1, 0.15) is 20.3 Å². The van der Waals surface area contributed by atoms with Crippen LogP contribution in [-0.2, 0) is 4.79 Å². The molecule has 0 aromatic carbocycles. The van der Waals surface area contributed by atoms with Crippen molar-refractivity contribution in [3.63, 3.8) is 0 Å². The molecule has 0 aliphatic rings. The number of primary amides is 1. The van der Waals surface area contributed by atoms with Gasteiger partial charge in [0, 0.05) is 18.0 Å². The summed E-state index contributed by atoms with van der Waals surface area (Å²) in [6.07, 6.45) is 0.877. The van der Waals surface area contributed by atoms with Crippen LogP contribution in [0.3, 0.4) is 0 Å². The fraction of sp³-hybridized carbons (Fsp3) is 0.875. The van der Waals surface area contributed by atoms with E-state index >= 15 is 0 Å². The van der Waals surface area contributed by atoms with E-state index in [1.54, 1.807) is 0 Å². The summed E-state index contributed by atoms with van der Waals surface area (Å²) in [6, 6.07) is -0.339. The molecule has 0 bridgehead atoms. The van der Waals surface area contributed by atoms with Crippen LogP contribution in [0.4, 0.5) is 0 Å². The Labute approximate surface area is 83.5 Å². The first kappa shape index (κ1) is 12.7. The van der Waals surface area contributed by atoms with Crippen LogP contribution in [0.15, 0.2) is 5.11 Å². The molecule has 2 atom stereocenters. The van der Waals surface area contributed by atoms with Gasteiger partial charge in [-0.05, 0) is 11.4 Å². The number of carbonyl (C=O) groups excluding carboxylic acids is 1. The third-order valence-corrected chi connectivity index (χ3v) is 2.16. The summed E-state index contributed by atoms with van der Waals surface area (Å²) >= 11 is 0. The minimum atomic E-state index is -0.361. The SMILES string of the molecule is CCC(C)C(NCCN=[N+]=[N-])C(N)=O. The van der Waals surface area contributed by atoms with E-state index < -0.39 is 0 Å². The van der Waals surface area contributed by atoms with Crippen LogP contribution >= 0.6 is 0 Å². The van der Waals surface area contributed by atoms with E-state index in [9.17, 15) is 4.79 Å². The molecule has 0 heterocycles. The van der Waals surface area contributed by atoms with Gasteiger partial charge in [0.15, 0.2) is 0 Å². The van der Waals surface area contributed by atoms with Crippen LogP contribution in [0, 0.1) is 5.92 Å². The molecule has 1 amide bonds. The molecule has 0 aliphatic carbocycles. The van der Waals surface area contributed by atoms with Crippen LogP contribution in [0.25, 0.3) is 10.4 Å². The molecule has 2 unspecified atom stereocenters. The maximum atomic E-state index is 11.0. The summed E-state index contributed by atoms with van der Waals surface area (Å²) in [7, 11) is 0. The largest absolute Gasteiger partial charge is 0.368 e. The maximum absolute atomic E-state index is 11.0.